The average Bonchev–Trinajstić information content (AvgIpc) is 2.67. The van der Waals surface area contributed by atoms with Crippen molar-refractivity contribution < 1.29 is 34.8 Å². The first-order chi connectivity index (χ1) is 14.4. The second-order valence-electron chi connectivity index (χ2n) is 8.72. The Bertz CT molecular complexity index is 1120. The molecule has 0 aromatic heterocycles. The van der Waals surface area contributed by atoms with Gasteiger partial charge in [0.1, 0.15) is 22.8 Å². The summed E-state index contributed by atoms with van der Waals surface area (Å²) in [5.41, 5.74) is 3.30. The van der Waals surface area contributed by atoms with Gasteiger partial charge in [-0.25, -0.2) is 0 Å². The number of Topliss-reactive ketones (excluding diaryl/α,β-unsaturated/α-hetero) is 2. The van der Waals surface area contributed by atoms with Crippen LogP contribution in [0.25, 0.3) is 5.76 Å². The number of aliphatic hydroxyl groups excluding tert-OH is 2. The van der Waals surface area contributed by atoms with Gasteiger partial charge in [-0.15, -0.1) is 0 Å². The Morgan fingerprint density at radius 3 is 2.42 bits per heavy atom. The van der Waals surface area contributed by atoms with E-state index < -0.39 is 58.0 Å². The SMILES string of the molecule is Cc1ccc(O)c2c1CC1CC3C(N(C)C)C(=O)C(C(N)=O)=C(O)[C@@]3(O)C(=O)C1=C2O. The smallest absolute Gasteiger partial charge is 0.255 e. The number of aromatic hydroxyl groups is 1. The van der Waals surface area contributed by atoms with Gasteiger partial charge in [-0.1, -0.05) is 6.07 Å². The lowest BCUT2D eigenvalue weighted by atomic mass is 9.57. The number of hydrogen-bond donors (Lipinski definition) is 5. The molecule has 1 aromatic carbocycles. The summed E-state index contributed by atoms with van der Waals surface area (Å²) in [6.45, 7) is 1.82. The first-order valence-corrected chi connectivity index (χ1v) is 9.89. The first-order valence-electron chi connectivity index (χ1n) is 9.89. The summed E-state index contributed by atoms with van der Waals surface area (Å²) in [6, 6.07) is 2.02. The Hall–Kier alpha value is -3.17. The molecular formula is C22H24N2O7. The van der Waals surface area contributed by atoms with Crippen LogP contribution in [-0.2, 0) is 20.8 Å². The summed E-state index contributed by atoms with van der Waals surface area (Å²) in [5, 5.41) is 43.4. The van der Waals surface area contributed by atoms with Crippen LogP contribution < -0.4 is 5.73 Å². The minimum absolute atomic E-state index is 0.0842. The minimum Gasteiger partial charge on any atom is -0.508 e. The van der Waals surface area contributed by atoms with Gasteiger partial charge in [-0.3, -0.25) is 19.3 Å². The highest BCUT2D eigenvalue weighted by Gasteiger charge is 2.64. The topological polar surface area (TPSA) is 161 Å². The van der Waals surface area contributed by atoms with Crippen LogP contribution >= 0.6 is 0 Å². The predicted molar refractivity (Wildman–Crippen MR) is 109 cm³/mol. The second-order valence-corrected chi connectivity index (χ2v) is 8.72. The van der Waals surface area contributed by atoms with E-state index in [1.807, 2.05) is 6.92 Å². The van der Waals surface area contributed by atoms with Gasteiger partial charge in [-0.05, 0) is 57.0 Å². The monoisotopic (exact) mass is 428 g/mol. The Morgan fingerprint density at radius 2 is 1.84 bits per heavy atom. The lowest BCUT2D eigenvalue weighted by Gasteiger charge is -2.50. The summed E-state index contributed by atoms with van der Waals surface area (Å²) in [5.74, 6) is -6.42. The number of amides is 1. The normalized spacial score (nSPS) is 30.3. The maximum atomic E-state index is 13.6. The molecule has 164 valence electrons. The minimum atomic E-state index is -2.61. The molecule has 1 fully saturated rings. The fourth-order valence-electron chi connectivity index (χ4n) is 5.40. The number of benzene rings is 1. The maximum absolute atomic E-state index is 13.6. The number of phenolic OH excluding ortho intramolecular Hbond substituents is 1. The standard InChI is InChI=1S/C22H24N2O7/c1-8-4-5-12(25)14-10(8)6-9-7-11-16(24(2)3)18(27)15(21(23)30)20(29)22(11,31)19(28)13(9)17(14)26/h4-5,9,11,16,25-26,29,31H,6-7H2,1-3H3,(H2,23,30)/t9?,11?,16?,22-/m0/s1. The van der Waals surface area contributed by atoms with Crippen LogP contribution in [0.1, 0.15) is 23.1 Å². The molecule has 0 aliphatic heterocycles. The van der Waals surface area contributed by atoms with Gasteiger partial charge in [0, 0.05) is 11.5 Å². The number of primary amides is 1. The van der Waals surface area contributed by atoms with Crippen LogP contribution in [0.3, 0.4) is 0 Å². The van der Waals surface area contributed by atoms with E-state index in [0.29, 0.717) is 12.0 Å². The van der Waals surface area contributed by atoms with Gasteiger partial charge < -0.3 is 26.2 Å². The van der Waals surface area contributed by atoms with Crippen LogP contribution in [0.15, 0.2) is 29.0 Å². The van der Waals surface area contributed by atoms with E-state index >= 15 is 0 Å². The Labute approximate surface area is 178 Å². The summed E-state index contributed by atoms with van der Waals surface area (Å²) >= 11 is 0. The van der Waals surface area contributed by atoms with Gasteiger partial charge >= 0.3 is 0 Å². The second kappa shape index (κ2) is 6.66. The Kier molecular flexibility index (Phi) is 4.53. The third-order valence-electron chi connectivity index (χ3n) is 6.84. The third kappa shape index (κ3) is 2.60. The van der Waals surface area contributed by atoms with Crippen molar-refractivity contribution >= 4 is 23.2 Å². The van der Waals surface area contributed by atoms with Crippen molar-refractivity contribution in [1.82, 2.24) is 4.90 Å². The number of carbonyl (C=O) groups is 3. The van der Waals surface area contributed by atoms with Crippen LogP contribution in [-0.4, -0.2) is 68.5 Å². The molecule has 1 amide bonds. The van der Waals surface area contributed by atoms with E-state index in [2.05, 4.69) is 0 Å². The number of rotatable bonds is 2. The van der Waals surface area contributed by atoms with Crippen molar-refractivity contribution in [2.75, 3.05) is 14.1 Å². The van der Waals surface area contributed by atoms with Gasteiger partial charge in [-0.2, -0.15) is 0 Å². The van der Waals surface area contributed by atoms with Crippen molar-refractivity contribution in [1.29, 1.82) is 0 Å². The van der Waals surface area contributed by atoms with E-state index in [4.69, 9.17) is 5.73 Å². The highest BCUT2D eigenvalue weighted by atomic mass is 16.3. The molecule has 0 saturated heterocycles. The molecule has 3 unspecified atom stereocenters. The van der Waals surface area contributed by atoms with Crippen LogP contribution in [0.2, 0.25) is 0 Å². The van der Waals surface area contributed by atoms with E-state index in [0.717, 1.165) is 5.56 Å². The van der Waals surface area contributed by atoms with Crippen LogP contribution in [0.4, 0.5) is 0 Å². The van der Waals surface area contributed by atoms with E-state index in [1.54, 1.807) is 20.2 Å². The fraction of sp³-hybridized carbons (Fsp3) is 0.409. The fourth-order valence-corrected chi connectivity index (χ4v) is 5.40. The summed E-state index contributed by atoms with van der Waals surface area (Å²) in [4.78, 5) is 39.9. The predicted octanol–water partition coefficient (Wildman–Crippen LogP) is 0.272. The van der Waals surface area contributed by atoms with Crippen molar-refractivity contribution in [3.63, 3.8) is 0 Å². The average molecular weight is 428 g/mol. The summed E-state index contributed by atoms with van der Waals surface area (Å²) in [7, 11) is 3.13. The number of likely N-dealkylation sites (N-methyl/N-ethyl adjacent to an activating group) is 1. The molecule has 4 rings (SSSR count). The van der Waals surface area contributed by atoms with Gasteiger partial charge in [0.05, 0.1) is 11.6 Å². The number of nitrogens with two attached hydrogens (primary N) is 1. The molecule has 0 spiro atoms. The molecule has 0 bridgehead atoms. The highest BCUT2D eigenvalue weighted by Crippen LogP contribution is 2.52. The number of ketones is 2. The van der Waals surface area contributed by atoms with Crippen molar-refractivity contribution in [2.45, 2.75) is 31.4 Å². The number of phenols is 1. The molecular weight excluding hydrogens is 404 g/mol. The number of hydrogen-bond acceptors (Lipinski definition) is 8. The van der Waals surface area contributed by atoms with E-state index in [1.165, 1.54) is 11.0 Å². The number of nitrogens with zero attached hydrogens (tertiary/aromatic N) is 1. The number of aryl methyl sites for hydroxylation is 1. The quantitative estimate of drug-likeness (QED) is 0.420. The van der Waals surface area contributed by atoms with E-state index in [-0.39, 0.29) is 23.3 Å². The molecule has 31 heavy (non-hydrogen) atoms. The number of aliphatic hydroxyl groups is 3. The molecule has 3 aliphatic rings. The summed E-state index contributed by atoms with van der Waals surface area (Å²) in [6.07, 6.45) is 0.385. The van der Waals surface area contributed by atoms with Crippen molar-refractivity contribution in [3.05, 3.63) is 45.7 Å². The molecule has 6 N–H and O–H groups in total. The van der Waals surface area contributed by atoms with Gasteiger partial charge in [0.2, 0.25) is 5.78 Å². The van der Waals surface area contributed by atoms with Crippen LogP contribution in [0.5, 0.6) is 5.75 Å². The number of carbonyl (C=O) groups excluding carboxylic acids is 3. The Morgan fingerprint density at radius 1 is 1.19 bits per heavy atom. The maximum Gasteiger partial charge on any atom is 0.255 e. The first kappa shape index (κ1) is 21.1. The molecule has 9 heteroatoms. The van der Waals surface area contributed by atoms with Crippen LogP contribution in [0, 0.1) is 18.8 Å². The molecule has 0 heterocycles. The largest absolute Gasteiger partial charge is 0.508 e. The van der Waals surface area contributed by atoms with Crippen molar-refractivity contribution in [3.8, 4) is 5.75 Å². The lowest BCUT2D eigenvalue weighted by molar-refractivity contribution is -0.153. The molecule has 4 atom stereocenters. The van der Waals surface area contributed by atoms with Gasteiger partial charge in [0.15, 0.2) is 11.4 Å². The summed E-state index contributed by atoms with van der Waals surface area (Å²) < 4.78 is 0. The Balaban J connectivity index is 1.99. The van der Waals surface area contributed by atoms with Crippen molar-refractivity contribution in [2.24, 2.45) is 17.6 Å². The third-order valence-corrected chi connectivity index (χ3v) is 6.84. The zero-order chi connectivity index (χ0) is 23.0. The molecule has 1 aromatic rings. The lowest BCUT2D eigenvalue weighted by Crippen LogP contribution is -2.65. The van der Waals surface area contributed by atoms with Gasteiger partial charge in [0.25, 0.3) is 5.91 Å². The zero-order valence-corrected chi connectivity index (χ0v) is 17.3. The van der Waals surface area contributed by atoms with E-state index in [9.17, 15) is 34.8 Å². The zero-order valence-electron chi connectivity index (χ0n) is 17.3. The molecule has 0 radical (unpaired) electrons. The molecule has 3 aliphatic carbocycles. The number of fused-ring (bicyclic) bond motifs is 3. The highest BCUT2D eigenvalue weighted by molar-refractivity contribution is 6.24. The molecule has 1 saturated carbocycles. The molecule has 9 nitrogen and oxygen atoms in total.